The summed E-state index contributed by atoms with van der Waals surface area (Å²) >= 11 is 0. The molecule has 0 fully saturated rings. The molecule has 24 heavy (non-hydrogen) atoms. The molecule has 0 unspecified atom stereocenters. The minimum absolute atomic E-state index is 0.0388. The first-order valence-electron chi connectivity index (χ1n) is 7.90. The van der Waals surface area contributed by atoms with Gasteiger partial charge >= 0.3 is 0 Å². The molecule has 2 aromatic carbocycles. The molecule has 0 bridgehead atoms. The fourth-order valence-corrected chi connectivity index (χ4v) is 2.96. The quantitative estimate of drug-likeness (QED) is 0.872. The van der Waals surface area contributed by atoms with Gasteiger partial charge < -0.3 is 9.64 Å². The maximum atomic E-state index is 12.9. The van der Waals surface area contributed by atoms with Crippen LogP contribution in [0.2, 0.25) is 0 Å². The number of para-hydroxylation sites is 2. The molecule has 0 aromatic heterocycles. The van der Waals surface area contributed by atoms with Crippen LogP contribution >= 0.6 is 0 Å². The molecule has 0 saturated heterocycles. The Bertz CT molecular complexity index is 768. The highest BCUT2D eigenvalue weighted by molar-refractivity contribution is 6.16. The summed E-state index contributed by atoms with van der Waals surface area (Å²) in [4.78, 5) is 28.7. The van der Waals surface area contributed by atoms with Gasteiger partial charge in [0.25, 0.3) is 5.91 Å². The number of anilines is 2. The number of amides is 2. The third-order valence-corrected chi connectivity index (χ3v) is 4.09. The van der Waals surface area contributed by atoms with Gasteiger partial charge in [0.2, 0.25) is 5.91 Å². The van der Waals surface area contributed by atoms with E-state index >= 15 is 0 Å². The number of carbonyl (C=O) groups excluding carboxylic acids is 2. The number of rotatable bonds is 3. The van der Waals surface area contributed by atoms with Crippen LogP contribution in [0.4, 0.5) is 11.4 Å². The van der Waals surface area contributed by atoms with E-state index in [2.05, 4.69) is 0 Å². The van der Waals surface area contributed by atoms with E-state index in [1.165, 1.54) is 0 Å². The predicted octanol–water partition coefficient (Wildman–Crippen LogP) is 3.10. The van der Waals surface area contributed by atoms with E-state index < -0.39 is 0 Å². The van der Waals surface area contributed by atoms with Crippen LogP contribution < -0.4 is 14.5 Å². The Morgan fingerprint density at radius 1 is 1.04 bits per heavy atom. The van der Waals surface area contributed by atoms with Crippen molar-refractivity contribution in [2.45, 2.75) is 19.9 Å². The fourth-order valence-electron chi connectivity index (χ4n) is 2.96. The van der Waals surface area contributed by atoms with E-state index in [0.717, 1.165) is 11.4 Å². The molecule has 5 heteroatoms. The molecule has 0 spiro atoms. The molecule has 1 aliphatic rings. The van der Waals surface area contributed by atoms with Gasteiger partial charge in [0.1, 0.15) is 12.3 Å². The molecule has 0 aliphatic carbocycles. The maximum Gasteiger partial charge on any atom is 0.258 e. The van der Waals surface area contributed by atoms with Crippen molar-refractivity contribution in [3.8, 4) is 5.75 Å². The normalized spacial score (nSPS) is 13.9. The van der Waals surface area contributed by atoms with Crippen molar-refractivity contribution in [2.24, 2.45) is 0 Å². The van der Waals surface area contributed by atoms with Crippen LogP contribution in [-0.2, 0) is 4.79 Å². The highest BCUT2D eigenvalue weighted by Gasteiger charge is 2.33. The van der Waals surface area contributed by atoms with E-state index in [1.54, 1.807) is 41.2 Å². The van der Waals surface area contributed by atoms with Crippen LogP contribution in [0.25, 0.3) is 0 Å². The zero-order valence-electron chi connectivity index (χ0n) is 14.0. The molecule has 2 aromatic rings. The van der Waals surface area contributed by atoms with Gasteiger partial charge in [0, 0.05) is 11.6 Å². The molecule has 5 nitrogen and oxygen atoms in total. The van der Waals surface area contributed by atoms with Crippen molar-refractivity contribution < 1.29 is 14.3 Å². The number of hydrogen-bond acceptors (Lipinski definition) is 3. The summed E-state index contributed by atoms with van der Waals surface area (Å²) in [5, 5.41) is 0. The largest absolute Gasteiger partial charge is 0.497 e. The SMILES string of the molecule is COc1ccc(C(=O)N2CC(=O)N(C(C)C)c3ccccc32)cc1. The standard InChI is InChI=1S/C19H20N2O3/c1-13(2)21-17-7-5-4-6-16(17)20(12-18(21)22)19(23)14-8-10-15(24-3)11-9-14/h4-11,13H,12H2,1-3H3. The van der Waals surface area contributed by atoms with Crippen molar-refractivity contribution in [1.82, 2.24) is 0 Å². The number of nitrogens with zero attached hydrogens (tertiary/aromatic N) is 2. The van der Waals surface area contributed by atoms with Crippen LogP contribution in [0.1, 0.15) is 24.2 Å². The second-order valence-electron chi connectivity index (χ2n) is 5.97. The lowest BCUT2D eigenvalue weighted by molar-refractivity contribution is -0.117. The molecule has 0 radical (unpaired) electrons. The molecule has 1 aliphatic heterocycles. The lowest BCUT2D eigenvalue weighted by atomic mass is 10.1. The third kappa shape index (κ3) is 2.73. The number of benzene rings is 2. The van der Waals surface area contributed by atoms with Crippen LogP contribution in [0.5, 0.6) is 5.75 Å². The zero-order valence-corrected chi connectivity index (χ0v) is 14.0. The minimum atomic E-state index is -0.193. The van der Waals surface area contributed by atoms with Crippen molar-refractivity contribution in [3.63, 3.8) is 0 Å². The van der Waals surface area contributed by atoms with Gasteiger partial charge in [-0.05, 0) is 50.2 Å². The Hall–Kier alpha value is -2.82. The number of methoxy groups -OCH3 is 1. The van der Waals surface area contributed by atoms with Crippen molar-refractivity contribution in [1.29, 1.82) is 0 Å². The smallest absolute Gasteiger partial charge is 0.258 e. The van der Waals surface area contributed by atoms with Gasteiger partial charge in [0.15, 0.2) is 0 Å². The Balaban J connectivity index is 2.00. The van der Waals surface area contributed by atoms with Gasteiger partial charge in [0.05, 0.1) is 18.5 Å². The zero-order chi connectivity index (χ0) is 17.3. The lowest BCUT2D eigenvalue weighted by Crippen LogP contribution is -2.50. The summed E-state index contributed by atoms with van der Waals surface area (Å²) < 4.78 is 5.12. The average Bonchev–Trinajstić information content (AvgIpc) is 2.60. The van der Waals surface area contributed by atoms with Crippen LogP contribution in [0.15, 0.2) is 48.5 Å². The third-order valence-electron chi connectivity index (χ3n) is 4.09. The number of hydrogen-bond donors (Lipinski definition) is 0. The Morgan fingerprint density at radius 3 is 2.25 bits per heavy atom. The highest BCUT2D eigenvalue weighted by Crippen LogP contribution is 2.35. The molecule has 124 valence electrons. The molecule has 0 saturated carbocycles. The second-order valence-corrected chi connectivity index (χ2v) is 5.97. The maximum absolute atomic E-state index is 12.9. The molecular formula is C19H20N2O3. The van der Waals surface area contributed by atoms with Crippen molar-refractivity contribution >= 4 is 23.2 Å². The molecule has 0 atom stereocenters. The molecule has 2 amide bonds. The Kier molecular flexibility index (Phi) is 4.25. The lowest BCUT2D eigenvalue weighted by Gasteiger charge is -2.38. The summed E-state index contributed by atoms with van der Waals surface area (Å²) in [6, 6.07) is 14.4. The van der Waals surface area contributed by atoms with Crippen LogP contribution in [-0.4, -0.2) is 31.5 Å². The van der Waals surface area contributed by atoms with E-state index in [4.69, 9.17) is 4.74 Å². The van der Waals surface area contributed by atoms with Gasteiger partial charge in [-0.25, -0.2) is 0 Å². The van der Waals surface area contributed by atoms with Gasteiger partial charge in [-0.1, -0.05) is 12.1 Å². The van der Waals surface area contributed by atoms with Crippen molar-refractivity contribution in [3.05, 3.63) is 54.1 Å². The van der Waals surface area contributed by atoms with Crippen LogP contribution in [0, 0.1) is 0 Å². The van der Waals surface area contributed by atoms with E-state index in [-0.39, 0.29) is 24.4 Å². The molecule has 1 heterocycles. The summed E-state index contributed by atoms with van der Waals surface area (Å²) in [6.45, 7) is 3.98. The number of ether oxygens (including phenoxy) is 1. The van der Waals surface area contributed by atoms with Crippen LogP contribution in [0.3, 0.4) is 0 Å². The molecule has 3 rings (SSSR count). The topological polar surface area (TPSA) is 49.9 Å². The van der Waals surface area contributed by atoms with E-state index in [1.807, 2.05) is 38.1 Å². The average molecular weight is 324 g/mol. The monoisotopic (exact) mass is 324 g/mol. The van der Waals surface area contributed by atoms with Gasteiger partial charge in [-0.15, -0.1) is 0 Å². The van der Waals surface area contributed by atoms with E-state index in [0.29, 0.717) is 11.3 Å². The first-order valence-corrected chi connectivity index (χ1v) is 7.90. The van der Waals surface area contributed by atoms with Gasteiger partial charge in [-0.3, -0.25) is 14.5 Å². The fraction of sp³-hybridized carbons (Fsp3) is 0.263. The number of carbonyl (C=O) groups is 2. The summed E-state index contributed by atoms with van der Waals surface area (Å²) in [7, 11) is 1.58. The Labute approximate surface area is 141 Å². The minimum Gasteiger partial charge on any atom is -0.497 e. The summed E-state index contributed by atoms with van der Waals surface area (Å²) in [5.41, 5.74) is 2.05. The highest BCUT2D eigenvalue weighted by atomic mass is 16.5. The molecular weight excluding hydrogens is 304 g/mol. The number of fused-ring (bicyclic) bond motifs is 1. The summed E-state index contributed by atoms with van der Waals surface area (Å²) in [6.07, 6.45) is 0. The first kappa shape index (κ1) is 16.1. The van der Waals surface area contributed by atoms with Crippen molar-refractivity contribution in [2.75, 3.05) is 23.5 Å². The molecule has 0 N–H and O–H groups in total. The second kappa shape index (κ2) is 6.35. The van der Waals surface area contributed by atoms with E-state index in [9.17, 15) is 9.59 Å². The van der Waals surface area contributed by atoms with Gasteiger partial charge in [-0.2, -0.15) is 0 Å². The predicted molar refractivity (Wildman–Crippen MR) is 93.7 cm³/mol. The Morgan fingerprint density at radius 2 is 1.67 bits per heavy atom. The first-order chi connectivity index (χ1) is 11.5. The summed E-state index contributed by atoms with van der Waals surface area (Å²) in [5.74, 6) is 0.417.